The number of nitrogens with zero attached hydrogens (tertiary/aromatic N) is 1. The minimum atomic E-state index is 0.0413. The Hall–Kier alpha value is -3.43. The van der Waals surface area contributed by atoms with Crippen LogP contribution < -0.4 is 0 Å². The molecule has 0 saturated carbocycles. The maximum Gasteiger partial charge on any atom is 0.246 e. The van der Waals surface area contributed by atoms with Crippen LogP contribution in [0.3, 0.4) is 0 Å². The Labute approximate surface area is 190 Å². The molecule has 3 aromatic carbocycles. The van der Waals surface area contributed by atoms with Gasteiger partial charge in [-0.05, 0) is 45.9 Å². The van der Waals surface area contributed by atoms with Crippen molar-refractivity contribution in [1.29, 1.82) is 0 Å². The van der Waals surface area contributed by atoms with Crippen molar-refractivity contribution in [3.05, 3.63) is 113 Å². The molecule has 1 amide bonds. The highest BCUT2D eigenvalue weighted by molar-refractivity contribution is 5.98. The number of rotatable bonds is 6. The third-order valence-corrected chi connectivity index (χ3v) is 5.78. The fourth-order valence-corrected chi connectivity index (χ4v) is 4.10. The van der Waals surface area contributed by atoms with Gasteiger partial charge in [0, 0.05) is 19.2 Å². The van der Waals surface area contributed by atoms with Crippen LogP contribution in [0.4, 0.5) is 0 Å². The van der Waals surface area contributed by atoms with Crippen LogP contribution in [0, 0.1) is 0 Å². The molecule has 0 unspecified atom stereocenters. The number of benzene rings is 3. The molecule has 3 heteroatoms. The average Bonchev–Trinajstić information content (AvgIpc) is 2.88. The number of morpholine rings is 1. The van der Waals surface area contributed by atoms with Crippen molar-refractivity contribution in [1.82, 2.24) is 4.90 Å². The Morgan fingerprint density at radius 3 is 1.97 bits per heavy atom. The van der Waals surface area contributed by atoms with E-state index in [1.165, 1.54) is 27.8 Å². The lowest BCUT2D eigenvalue weighted by atomic mass is 9.88. The summed E-state index contributed by atoms with van der Waals surface area (Å²) < 4.78 is 5.32. The fraction of sp³-hybridized carbons (Fsp3) is 0.207. The van der Waals surface area contributed by atoms with Gasteiger partial charge in [-0.2, -0.15) is 0 Å². The van der Waals surface area contributed by atoms with E-state index in [0.29, 0.717) is 26.3 Å². The highest BCUT2D eigenvalue weighted by atomic mass is 16.5. The zero-order valence-corrected chi connectivity index (χ0v) is 18.5. The standard InChI is InChI=1S/C29H29NO2/c1-2-27(24-9-5-3-6-10-24)29(25-11-7-4-8-12-25)26-16-13-23(14-17-26)15-18-28(31)30-19-21-32-22-20-30/h3-18H,2,19-22H2,1H3/b18-15+,29-27-. The minimum absolute atomic E-state index is 0.0413. The topological polar surface area (TPSA) is 29.5 Å². The van der Waals surface area contributed by atoms with Gasteiger partial charge in [0.15, 0.2) is 0 Å². The number of hydrogen-bond donors (Lipinski definition) is 0. The first kappa shape index (κ1) is 21.8. The van der Waals surface area contributed by atoms with Crippen molar-refractivity contribution in [2.75, 3.05) is 26.3 Å². The van der Waals surface area contributed by atoms with Crippen molar-refractivity contribution in [2.24, 2.45) is 0 Å². The van der Waals surface area contributed by atoms with E-state index in [4.69, 9.17) is 4.74 Å². The van der Waals surface area contributed by atoms with E-state index >= 15 is 0 Å². The second-order valence-electron chi connectivity index (χ2n) is 7.83. The Bertz CT molecular complexity index is 1080. The minimum Gasteiger partial charge on any atom is -0.378 e. The summed E-state index contributed by atoms with van der Waals surface area (Å²) in [7, 11) is 0. The molecule has 0 bridgehead atoms. The first-order valence-corrected chi connectivity index (χ1v) is 11.3. The second-order valence-corrected chi connectivity index (χ2v) is 7.83. The van der Waals surface area contributed by atoms with Gasteiger partial charge in [0.05, 0.1) is 13.2 Å². The quantitative estimate of drug-likeness (QED) is 0.363. The molecule has 4 rings (SSSR count). The first-order chi connectivity index (χ1) is 15.8. The van der Waals surface area contributed by atoms with Crippen molar-refractivity contribution in [3.63, 3.8) is 0 Å². The molecule has 0 radical (unpaired) electrons. The zero-order chi connectivity index (χ0) is 22.2. The summed E-state index contributed by atoms with van der Waals surface area (Å²) in [5.41, 5.74) is 7.21. The average molecular weight is 424 g/mol. The molecule has 0 atom stereocenters. The SMILES string of the molecule is CC/C(=C(\c1ccccc1)c1ccc(/C=C/C(=O)N2CCOCC2)cc1)c1ccccc1. The largest absolute Gasteiger partial charge is 0.378 e. The van der Waals surface area contributed by atoms with Crippen LogP contribution in [-0.4, -0.2) is 37.1 Å². The van der Waals surface area contributed by atoms with Crippen LogP contribution in [0.2, 0.25) is 0 Å². The normalized spacial score (nSPS) is 15.0. The van der Waals surface area contributed by atoms with Gasteiger partial charge in [0.1, 0.15) is 0 Å². The molecule has 162 valence electrons. The van der Waals surface area contributed by atoms with E-state index in [1.807, 2.05) is 11.0 Å². The molecule has 1 aliphatic heterocycles. The lowest BCUT2D eigenvalue weighted by molar-refractivity contribution is -0.129. The van der Waals surface area contributed by atoms with Gasteiger partial charge in [0.25, 0.3) is 0 Å². The molecule has 3 aromatic rings. The molecular weight excluding hydrogens is 394 g/mol. The second kappa shape index (κ2) is 10.7. The number of hydrogen-bond acceptors (Lipinski definition) is 2. The van der Waals surface area contributed by atoms with E-state index in [9.17, 15) is 4.79 Å². The molecule has 3 nitrogen and oxygen atoms in total. The summed E-state index contributed by atoms with van der Waals surface area (Å²) in [5, 5.41) is 0. The Balaban J connectivity index is 1.65. The number of carbonyl (C=O) groups excluding carboxylic acids is 1. The van der Waals surface area contributed by atoms with E-state index < -0.39 is 0 Å². The van der Waals surface area contributed by atoms with Crippen molar-refractivity contribution >= 4 is 23.1 Å². The van der Waals surface area contributed by atoms with Crippen LogP contribution in [0.1, 0.15) is 35.6 Å². The molecule has 0 aromatic heterocycles. The van der Waals surface area contributed by atoms with E-state index in [-0.39, 0.29) is 5.91 Å². The van der Waals surface area contributed by atoms with Gasteiger partial charge in [-0.15, -0.1) is 0 Å². The summed E-state index contributed by atoms with van der Waals surface area (Å²) in [5.74, 6) is 0.0413. The Morgan fingerprint density at radius 2 is 1.38 bits per heavy atom. The Morgan fingerprint density at radius 1 is 0.812 bits per heavy atom. The Kier molecular flexibility index (Phi) is 7.31. The van der Waals surface area contributed by atoms with Crippen LogP contribution in [0.25, 0.3) is 17.2 Å². The van der Waals surface area contributed by atoms with Gasteiger partial charge in [0.2, 0.25) is 5.91 Å². The summed E-state index contributed by atoms with van der Waals surface area (Å²) in [6.07, 6.45) is 4.49. The molecule has 0 spiro atoms. The predicted octanol–water partition coefficient (Wildman–Crippen LogP) is 5.93. The monoisotopic (exact) mass is 423 g/mol. The molecule has 1 aliphatic rings. The number of allylic oxidation sites excluding steroid dienone is 1. The van der Waals surface area contributed by atoms with Gasteiger partial charge >= 0.3 is 0 Å². The molecular formula is C29H29NO2. The molecule has 0 aliphatic carbocycles. The lowest BCUT2D eigenvalue weighted by Crippen LogP contribution is -2.39. The zero-order valence-electron chi connectivity index (χ0n) is 18.5. The highest BCUT2D eigenvalue weighted by Gasteiger charge is 2.15. The molecule has 1 fully saturated rings. The maximum atomic E-state index is 12.4. The van der Waals surface area contributed by atoms with E-state index in [0.717, 1.165) is 12.0 Å². The number of carbonyl (C=O) groups is 1. The van der Waals surface area contributed by atoms with Gasteiger partial charge in [-0.25, -0.2) is 0 Å². The molecule has 0 N–H and O–H groups in total. The van der Waals surface area contributed by atoms with Crippen molar-refractivity contribution in [3.8, 4) is 0 Å². The van der Waals surface area contributed by atoms with Gasteiger partial charge < -0.3 is 9.64 Å². The summed E-state index contributed by atoms with van der Waals surface area (Å²) >= 11 is 0. The number of ether oxygens (including phenoxy) is 1. The predicted molar refractivity (Wildman–Crippen MR) is 132 cm³/mol. The van der Waals surface area contributed by atoms with Crippen molar-refractivity contribution < 1.29 is 9.53 Å². The lowest BCUT2D eigenvalue weighted by Gasteiger charge is -2.25. The van der Waals surface area contributed by atoms with Crippen LogP contribution in [0.5, 0.6) is 0 Å². The first-order valence-electron chi connectivity index (χ1n) is 11.3. The third kappa shape index (κ3) is 5.24. The molecule has 32 heavy (non-hydrogen) atoms. The smallest absolute Gasteiger partial charge is 0.246 e. The molecule has 1 saturated heterocycles. The van der Waals surface area contributed by atoms with E-state index in [2.05, 4.69) is 91.9 Å². The summed E-state index contributed by atoms with van der Waals surface area (Å²) in [6.45, 7) is 4.76. The van der Waals surface area contributed by atoms with Crippen LogP contribution in [0.15, 0.2) is 91.0 Å². The van der Waals surface area contributed by atoms with E-state index in [1.54, 1.807) is 6.08 Å². The van der Waals surface area contributed by atoms with Gasteiger partial charge in [-0.1, -0.05) is 91.9 Å². The highest BCUT2D eigenvalue weighted by Crippen LogP contribution is 2.34. The molecule has 1 heterocycles. The van der Waals surface area contributed by atoms with Gasteiger partial charge in [-0.3, -0.25) is 4.79 Å². The maximum absolute atomic E-state index is 12.4. The fourth-order valence-electron chi connectivity index (χ4n) is 4.10. The van der Waals surface area contributed by atoms with Crippen LogP contribution in [-0.2, 0) is 9.53 Å². The van der Waals surface area contributed by atoms with Crippen molar-refractivity contribution in [2.45, 2.75) is 13.3 Å². The summed E-state index contributed by atoms with van der Waals surface area (Å²) in [4.78, 5) is 14.2. The number of amides is 1. The third-order valence-electron chi connectivity index (χ3n) is 5.78. The summed E-state index contributed by atoms with van der Waals surface area (Å²) in [6, 6.07) is 29.6. The van der Waals surface area contributed by atoms with Crippen LogP contribution >= 0.6 is 0 Å².